The van der Waals surface area contributed by atoms with E-state index in [1.165, 1.54) is 32.1 Å². The fraction of sp³-hybridized carbons (Fsp3) is 0.500. The fourth-order valence-electron chi connectivity index (χ4n) is 4.36. The number of carbonyl (C=O) groups is 2. The summed E-state index contributed by atoms with van der Waals surface area (Å²) in [6.07, 6.45) is 12.5. The SMILES string of the molecule is O=C(Nc1cccnc1)N1CCN(C(=O)c2ccnc(OCCC3CCCCC3)c2)CC1. The molecular weight excluding hydrogens is 406 g/mol. The smallest absolute Gasteiger partial charge is 0.322 e. The van der Waals surface area contributed by atoms with Crippen LogP contribution in [0.3, 0.4) is 0 Å². The summed E-state index contributed by atoms with van der Waals surface area (Å²) in [5.41, 5.74) is 1.23. The monoisotopic (exact) mass is 437 g/mol. The molecule has 1 saturated carbocycles. The second-order valence-electron chi connectivity index (χ2n) is 8.48. The van der Waals surface area contributed by atoms with Crippen molar-refractivity contribution < 1.29 is 14.3 Å². The Morgan fingerprint density at radius 2 is 1.81 bits per heavy atom. The van der Waals surface area contributed by atoms with Gasteiger partial charge in [0.1, 0.15) is 0 Å². The number of hydrogen-bond acceptors (Lipinski definition) is 5. The van der Waals surface area contributed by atoms with Crippen LogP contribution in [0.25, 0.3) is 0 Å². The van der Waals surface area contributed by atoms with Crippen molar-refractivity contribution >= 4 is 17.6 Å². The lowest BCUT2D eigenvalue weighted by atomic mass is 9.87. The molecule has 2 aliphatic rings. The first-order valence-electron chi connectivity index (χ1n) is 11.5. The van der Waals surface area contributed by atoms with Crippen LogP contribution in [0.2, 0.25) is 0 Å². The number of carbonyl (C=O) groups excluding carboxylic acids is 2. The summed E-state index contributed by atoms with van der Waals surface area (Å²) in [4.78, 5) is 37.1. The number of aromatic nitrogens is 2. The van der Waals surface area contributed by atoms with Crippen molar-refractivity contribution in [3.05, 3.63) is 48.4 Å². The first-order chi connectivity index (χ1) is 15.7. The van der Waals surface area contributed by atoms with Gasteiger partial charge in [0.05, 0.1) is 18.5 Å². The molecule has 1 aliphatic carbocycles. The minimum Gasteiger partial charge on any atom is -0.478 e. The summed E-state index contributed by atoms with van der Waals surface area (Å²) in [5, 5.41) is 2.83. The molecule has 3 amide bonds. The van der Waals surface area contributed by atoms with E-state index in [1.54, 1.807) is 52.7 Å². The molecule has 2 aromatic heterocycles. The number of amides is 3. The van der Waals surface area contributed by atoms with Crippen LogP contribution >= 0.6 is 0 Å². The van der Waals surface area contributed by atoms with Crippen molar-refractivity contribution in [1.29, 1.82) is 0 Å². The highest BCUT2D eigenvalue weighted by atomic mass is 16.5. The minimum absolute atomic E-state index is 0.0585. The molecule has 0 unspecified atom stereocenters. The third-order valence-corrected chi connectivity index (χ3v) is 6.25. The third kappa shape index (κ3) is 5.96. The molecule has 2 fully saturated rings. The summed E-state index contributed by atoms with van der Waals surface area (Å²) >= 11 is 0. The summed E-state index contributed by atoms with van der Waals surface area (Å²) in [6.45, 7) is 2.57. The second-order valence-corrected chi connectivity index (χ2v) is 8.48. The summed E-state index contributed by atoms with van der Waals surface area (Å²) < 4.78 is 5.84. The molecule has 0 atom stereocenters. The maximum absolute atomic E-state index is 13.0. The number of urea groups is 1. The van der Waals surface area contributed by atoms with Gasteiger partial charge >= 0.3 is 6.03 Å². The van der Waals surface area contributed by atoms with E-state index in [-0.39, 0.29) is 11.9 Å². The maximum Gasteiger partial charge on any atom is 0.322 e. The van der Waals surface area contributed by atoms with Gasteiger partial charge in [0.15, 0.2) is 0 Å². The lowest BCUT2D eigenvalue weighted by Gasteiger charge is -2.34. The van der Waals surface area contributed by atoms with Gasteiger partial charge < -0.3 is 19.9 Å². The average Bonchev–Trinajstić information content (AvgIpc) is 2.85. The van der Waals surface area contributed by atoms with Crippen molar-refractivity contribution in [2.75, 3.05) is 38.1 Å². The maximum atomic E-state index is 13.0. The highest BCUT2D eigenvalue weighted by molar-refractivity contribution is 5.95. The molecule has 2 aromatic rings. The molecule has 0 bridgehead atoms. The largest absolute Gasteiger partial charge is 0.478 e. The second kappa shape index (κ2) is 10.9. The Morgan fingerprint density at radius 3 is 2.56 bits per heavy atom. The normalized spacial score (nSPS) is 17.1. The molecular formula is C24H31N5O3. The van der Waals surface area contributed by atoms with Gasteiger partial charge in [0, 0.05) is 50.2 Å². The van der Waals surface area contributed by atoms with Gasteiger partial charge in [-0.05, 0) is 30.5 Å². The zero-order chi connectivity index (χ0) is 22.2. The molecule has 170 valence electrons. The average molecular weight is 438 g/mol. The number of hydrogen-bond donors (Lipinski definition) is 1. The Morgan fingerprint density at radius 1 is 1.03 bits per heavy atom. The molecule has 1 saturated heterocycles. The number of piperazine rings is 1. The number of rotatable bonds is 6. The van der Waals surface area contributed by atoms with E-state index < -0.39 is 0 Å². The summed E-state index contributed by atoms with van der Waals surface area (Å²) in [6, 6.07) is 6.84. The van der Waals surface area contributed by atoms with Crippen LogP contribution < -0.4 is 10.1 Å². The first-order valence-corrected chi connectivity index (χ1v) is 11.5. The Kier molecular flexibility index (Phi) is 7.53. The fourth-order valence-corrected chi connectivity index (χ4v) is 4.36. The Labute approximate surface area is 189 Å². The summed E-state index contributed by atoms with van der Waals surface area (Å²) in [7, 11) is 0. The molecule has 8 nitrogen and oxygen atoms in total. The Balaban J connectivity index is 1.24. The van der Waals surface area contributed by atoms with Crippen molar-refractivity contribution in [1.82, 2.24) is 19.8 Å². The van der Waals surface area contributed by atoms with Crippen molar-refractivity contribution in [2.24, 2.45) is 5.92 Å². The minimum atomic E-state index is -0.178. The van der Waals surface area contributed by atoms with E-state index in [0.29, 0.717) is 49.9 Å². The Hall–Kier alpha value is -3.16. The molecule has 3 heterocycles. The lowest BCUT2D eigenvalue weighted by molar-refractivity contribution is 0.0671. The first kappa shape index (κ1) is 22.0. The molecule has 0 radical (unpaired) electrons. The van der Waals surface area contributed by atoms with Crippen LogP contribution in [0.5, 0.6) is 5.88 Å². The molecule has 4 rings (SSSR count). The zero-order valence-electron chi connectivity index (χ0n) is 18.4. The van der Waals surface area contributed by atoms with E-state index in [2.05, 4.69) is 15.3 Å². The molecule has 32 heavy (non-hydrogen) atoms. The standard InChI is InChI=1S/C24H31N5O3/c30-23(20-8-11-26-22(17-20)32-16-9-19-5-2-1-3-6-19)28-12-14-29(15-13-28)24(31)27-21-7-4-10-25-18-21/h4,7-8,10-11,17-19H,1-3,5-6,9,12-16H2,(H,27,31). The van der Waals surface area contributed by atoms with Crippen LogP contribution in [0.1, 0.15) is 48.9 Å². The predicted molar refractivity (Wildman–Crippen MR) is 122 cm³/mol. The van der Waals surface area contributed by atoms with Crippen LogP contribution in [-0.2, 0) is 0 Å². The molecule has 0 spiro atoms. The van der Waals surface area contributed by atoms with Gasteiger partial charge in [-0.2, -0.15) is 0 Å². The number of anilines is 1. The number of nitrogens with one attached hydrogen (secondary N) is 1. The number of pyridine rings is 2. The van der Waals surface area contributed by atoms with Gasteiger partial charge in [-0.3, -0.25) is 9.78 Å². The number of ether oxygens (including phenoxy) is 1. The highest BCUT2D eigenvalue weighted by Gasteiger charge is 2.25. The van der Waals surface area contributed by atoms with Crippen molar-refractivity contribution in [3.8, 4) is 5.88 Å². The zero-order valence-corrected chi connectivity index (χ0v) is 18.4. The number of nitrogens with zero attached hydrogens (tertiary/aromatic N) is 4. The van der Waals surface area contributed by atoms with E-state index >= 15 is 0 Å². The van der Waals surface area contributed by atoms with Crippen LogP contribution in [0.4, 0.5) is 10.5 Å². The van der Waals surface area contributed by atoms with Gasteiger partial charge in [-0.15, -0.1) is 0 Å². The van der Waals surface area contributed by atoms with Crippen LogP contribution in [0.15, 0.2) is 42.9 Å². The van der Waals surface area contributed by atoms with Gasteiger partial charge in [-0.25, -0.2) is 9.78 Å². The van der Waals surface area contributed by atoms with Crippen molar-refractivity contribution in [3.63, 3.8) is 0 Å². The molecule has 1 aliphatic heterocycles. The highest BCUT2D eigenvalue weighted by Crippen LogP contribution is 2.26. The van der Waals surface area contributed by atoms with E-state index in [4.69, 9.17) is 4.74 Å². The topological polar surface area (TPSA) is 87.7 Å². The van der Waals surface area contributed by atoms with Crippen LogP contribution in [-0.4, -0.2) is 64.5 Å². The van der Waals surface area contributed by atoms with Crippen molar-refractivity contribution in [2.45, 2.75) is 38.5 Å². The van der Waals surface area contributed by atoms with Gasteiger partial charge in [0.2, 0.25) is 5.88 Å². The lowest BCUT2D eigenvalue weighted by Crippen LogP contribution is -2.51. The third-order valence-electron chi connectivity index (χ3n) is 6.25. The van der Waals surface area contributed by atoms with E-state index in [9.17, 15) is 9.59 Å². The summed E-state index contributed by atoms with van der Waals surface area (Å²) in [5.74, 6) is 1.19. The van der Waals surface area contributed by atoms with E-state index in [0.717, 1.165) is 12.3 Å². The quantitative estimate of drug-likeness (QED) is 0.742. The molecule has 1 N–H and O–H groups in total. The van der Waals surface area contributed by atoms with E-state index in [1.807, 2.05) is 0 Å². The van der Waals surface area contributed by atoms with Gasteiger partial charge in [-0.1, -0.05) is 32.1 Å². The van der Waals surface area contributed by atoms with Gasteiger partial charge in [0.25, 0.3) is 5.91 Å². The molecule has 8 heteroatoms. The predicted octanol–water partition coefficient (Wildman–Crippen LogP) is 3.82. The molecule has 0 aromatic carbocycles. The Bertz CT molecular complexity index is 894. The van der Waals surface area contributed by atoms with Crippen LogP contribution in [0, 0.1) is 5.92 Å².